The van der Waals surface area contributed by atoms with Crippen LogP contribution in [-0.2, 0) is 9.47 Å². The van der Waals surface area contributed by atoms with E-state index in [4.69, 9.17) is 9.47 Å². The molecule has 0 aliphatic heterocycles. The Morgan fingerprint density at radius 1 is 1.00 bits per heavy atom. The lowest BCUT2D eigenvalue weighted by Gasteiger charge is -2.21. The summed E-state index contributed by atoms with van der Waals surface area (Å²) in [6.45, 7) is 4.55. The minimum atomic E-state index is 0.527. The highest BCUT2D eigenvalue weighted by Crippen LogP contribution is 2.19. The van der Waals surface area contributed by atoms with Crippen LogP contribution < -0.4 is 0 Å². The Morgan fingerprint density at radius 2 is 1.77 bits per heavy atom. The van der Waals surface area contributed by atoms with Crippen LogP contribution in [0, 0.1) is 0 Å². The van der Waals surface area contributed by atoms with Crippen LogP contribution in [0.4, 0.5) is 0 Å². The molecular weight excluding hydrogens is 164 g/mol. The fourth-order valence-corrected chi connectivity index (χ4v) is 1.75. The Bertz CT molecular complexity index is 109. The van der Waals surface area contributed by atoms with Crippen LogP contribution >= 0.6 is 0 Å². The molecule has 0 N–H and O–H groups in total. The van der Waals surface area contributed by atoms with Crippen LogP contribution in [0.5, 0.6) is 0 Å². The van der Waals surface area contributed by atoms with Gasteiger partial charge in [-0.25, -0.2) is 0 Å². The van der Waals surface area contributed by atoms with Crippen molar-refractivity contribution in [3.8, 4) is 0 Å². The van der Waals surface area contributed by atoms with Crippen molar-refractivity contribution in [2.45, 2.75) is 51.6 Å². The minimum Gasteiger partial charge on any atom is -0.379 e. The van der Waals surface area contributed by atoms with Crippen LogP contribution in [0.25, 0.3) is 0 Å². The average Bonchev–Trinajstić information content (AvgIpc) is 2.19. The molecule has 0 aromatic carbocycles. The SMILES string of the molecule is CCCOCCOC1CCCCC1. The van der Waals surface area contributed by atoms with Crippen molar-refractivity contribution >= 4 is 0 Å². The Hall–Kier alpha value is -0.0800. The third kappa shape index (κ3) is 5.27. The Morgan fingerprint density at radius 3 is 2.46 bits per heavy atom. The van der Waals surface area contributed by atoms with Crippen LogP contribution in [0.1, 0.15) is 45.4 Å². The van der Waals surface area contributed by atoms with Crippen LogP contribution in [0.3, 0.4) is 0 Å². The largest absolute Gasteiger partial charge is 0.379 e. The molecule has 0 aromatic rings. The van der Waals surface area contributed by atoms with E-state index in [1.165, 1.54) is 32.1 Å². The van der Waals surface area contributed by atoms with Gasteiger partial charge in [-0.1, -0.05) is 26.2 Å². The molecular formula is C11H22O2. The summed E-state index contributed by atoms with van der Waals surface area (Å²) in [6, 6.07) is 0. The topological polar surface area (TPSA) is 18.5 Å². The van der Waals surface area contributed by atoms with E-state index in [0.717, 1.165) is 26.2 Å². The van der Waals surface area contributed by atoms with Gasteiger partial charge in [0.25, 0.3) is 0 Å². The van der Waals surface area contributed by atoms with E-state index in [9.17, 15) is 0 Å². The predicted molar refractivity (Wildman–Crippen MR) is 53.9 cm³/mol. The summed E-state index contributed by atoms with van der Waals surface area (Å²) in [7, 11) is 0. The molecule has 1 aliphatic rings. The first-order valence-corrected chi connectivity index (χ1v) is 5.63. The second-order valence-electron chi connectivity index (χ2n) is 3.74. The molecule has 0 amide bonds. The van der Waals surface area contributed by atoms with Gasteiger partial charge in [-0.05, 0) is 19.3 Å². The molecule has 0 saturated heterocycles. The zero-order chi connectivity index (χ0) is 9.36. The molecule has 1 fully saturated rings. The van der Waals surface area contributed by atoms with Crippen LogP contribution in [0.15, 0.2) is 0 Å². The minimum absolute atomic E-state index is 0.527. The monoisotopic (exact) mass is 186 g/mol. The molecule has 0 aromatic heterocycles. The standard InChI is InChI=1S/C11H22O2/c1-2-8-12-9-10-13-11-6-4-3-5-7-11/h11H,2-10H2,1H3. The summed E-state index contributed by atoms with van der Waals surface area (Å²) in [5.74, 6) is 0. The lowest BCUT2D eigenvalue weighted by atomic mass is 9.98. The van der Waals surface area contributed by atoms with Gasteiger partial charge in [-0.2, -0.15) is 0 Å². The van der Waals surface area contributed by atoms with Gasteiger partial charge in [0.2, 0.25) is 0 Å². The molecule has 13 heavy (non-hydrogen) atoms. The highest BCUT2D eigenvalue weighted by atomic mass is 16.5. The highest BCUT2D eigenvalue weighted by Gasteiger charge is 2.12. The molecule has 1 rings (SSSR count). The summed E-state index contributed by atoms with van der Waals surface area (Å²) in [4.78, 5) is 0. The van der Waals surface area contributed by atoms with Gasteiger partial charge in [-0.3, -0.25) is 0 Å². The number of ether oxygens (including phenoxy) is 2. The second kappa shape index (κ2) is 7.34. The van der Waals surface area contributed by atoms with E-state index in [1.807, 2.05) is 0 Å². The summed E-state index contributed by atoms with van der Waals surface area (Å²) in [6.07, 6.45) is 8.23. The van der Waals surface area contributed by atoms with Gasteiger partial charge in [-0.15, -0.1) is 0 Å². The van der Waals surface area contributed by atoms with E-state index < -0.39 is 0 Å². The van der Waals surface area contributed by atoms with Crippen molar-refractivity contribution in [3.05, 3.63) is 0 Å². The van der Waals surface area contributed by atoms with Crippen molar-refractivity contribution in [3.63, 3.8) is 0 Å². The first-order valence-electron chi connectivity index (χ1n) is 5.63. The molecule has 0 spiro atoms. The summed E-state index contributed by atoms with van der Waals surface area (Å²) in [5, 5.41) is 0. The van der Waals surface area contributed by atoms with E-state index in [-0.39, 0.29) is 0 Å². The molecule has 0 bridgehead atoms. The van der Waals surface area contributed by atoms with Gasteiger partial charge >= 0.3 is 0 Å². The van der Waals surface area contributed by atoms with Crippen LogP contribution in [0.2, 0.25) is 0 Å². The average molecular weight is 186 g/mol. The number of hydrogen-bond acceptors (Lipinski definition) is 2. The maximum Gasteiger partial charge on any atom is 0.0704 e. The molecule has 0 radical (unpaired) electrons. The first-order chi connectivity index (χ1) is 6.43. The van der Waals surface area contributed by atoms with Gasteiger partial charge in [0.1, 0.15) is 0 Å². The Labute approximate surface area is 81.6 Å². The normalized spacial score (nSPS) is 19.2. The fraction of sp³-hybridized carbons (Fsp3) is 1.00. The molecule has 78 valence electrons. The van der Waals surface area contributed by atoms with Gasteiger partial charge in [0.15, 0.2) is 0 Å². The van der Waals surface area contributed by atoms with Crippen molar-refractivity contribution in [2.75, 3.05) is 19.8 Å². The van der Waals surface area contributed by atoms with E-state index in [2.05, 4.69) is 6.92 Å². The second-order valence-corrected chi connectivity index (χ2v) is 3.74. The van der Waals surface area contributed by atoms with E-state index in [1.54, 1.807) is 0 Å². The number of hydrogen-bond donors (Lipinski definition) is 0. The van der Waals surface area contributed by atoms with Crippen molar-refractivity contribution in [1.29, 1.82) is 0 Å². The van der Waals surface area contributed by atoms with Crippen LogP contribution in [-0.4, -0.2) is 25.9 Å². The zero-order valence-corrected chi connectivity index (χ0v) is 8.76. The first kappa shape index (κ1) is 11.0. The molecule has 1 saturated carbocycles. The maximum atomic E-state index is 5.70. The Balaban J connectivity index is 1.86. The third-order valence-electron chi connectivity index (χ3n) is 2.48. The number of rotatable bonds is 6. The fourth-order valence-electron chi connectivity index (χ4n) is 1.75. The molecule has 1 aliphatic carbocycles. The lowest BCUT2D eigenvalue weighted by Crippen LogP contribution is -2.19. The van der Waals surface area contributed by atoms with Crippen molar-refractivity contribution < 1.29 is 9.47 Å². The zero-order valence-electron chi connectivity index (χ0n) is 8.76. The van der Waals surface area contributed by atoms with Gasteiger partial charge < -0.3 is 9.47 Å². The molecule has 2 nitrogen and oxygen atoms in total. The lowest BCUT2D eigenvalue weighted by molar-refractivity contribution is -0.00991. The summed E-state index contributed by atoms with van der Waals surface area (Å²) < 4.78 is 11.1. The highest BCUT2D eigenvalue weighted by molar-refractivity contribution is 4.64. The summed E-state index contributed by atoms with van der Waals surface area (Å²) in [5.41, 5.74) is 0. The maximum absolute atomic E-state index is 5.70. The molecule has 2 heteroatoms. The molecule has 0 heterocycles. The predicted octanol–water partition coefficient (Wildman–Crippen LogP) is 2.76. The van der Waals surface area contributed by atoms with E-state index >= 15 is 0 Å². The summed E-state index contributed by atoms with van der Waals surface area (Å²) >= 11 is 0. The quantitative estimate of drug-likeness (QED) is 0.594. The third-order valence-corrected chi connectivity index (χ3v) is 2.48. The van der Waals surface area contributed by atoms with Crippen molar-refractivity contribution in [1.82, 2.24) is 0 Å². The molecule has 0 unspecified atom stereocenters. The smallest absolute Gasteiger partial charge is 0.0704 e. The molecule has 0 atom stereocenters. The van der Waals surface area contributed by atoms with Gasteiger partial charge in [0.05, 0.1) is 19.3 Å². The van der Waals surface area contributed by atoms with Gasteiger partial charge in [0, 0.05) is 6.61 Å². The van der Waals surface area contributed by atoms with E-state index in [0.29, 0.717) is 6.10 Å². The Kier molecular flexibility index (Phi) is 6.21. The van der Waals surface area contributed by atoms with Crippen molar-refractivity contribution in [2.24, 2.45) is 0 Å².